The van der Waals surface area contributed by atoms with Gasteiger partial charge in [0.1, 0.15) is 5.75 Å². The molecule has 2 heterocycles. The van der Waals surface area contributed by atoms with Crippen molar-refractivity contribution in [1.82, 2.24) is 19.3 Å². The van der Waals surface area contributed by atoms with E-state index in [0.29, 0.717) is 25.0 Å². The Morgan fingerprint density at radius 1 is 1.36 bits per heavy atom. The Hall–Kier alpha value is -1.25. The van der Waals surface area contributed by atoms with E-state index in [-0.39, 0.29) is 24.8 Å². The lowest BCUT2D eigenvalue weighted by Crippen LogP contribution is -2.30. The Morgan fingerprint density at radius 2 is 2.11 bits per heavy atom. The number of alkyl halides is 2. The minimum absolute atomic E-state index is 0.0214. The first-order chi connectivity index (χ1) is 13.4. The molecule has 2 atom stereocenters. The maximum absolute atomic E-state index is 13.3. The molecular formula is C20H30F2N4OS. The number of unbranched alkanes of at least 4 members (excludes halogenated alkanes) is 1. The summed E-state index contributed by atoms with van der Waals surface area (Å²) in [6, 6.07) is 1.94. The molecular weight excluding hydrogens is 382 g/mol. The summed E-state index contributed by atoms with van der Waals surface area (Å²) < 4.78 is 43.8. The van der Waals surface area contributed by atoms with Crippen LogP contribution in [0.15, 0.2) is 18.5 Å². The van der Waals surface area contributed by atoms with E-state index in [1.54, 1.807) is 10.7 Å². The van der Waals surface area contributed by atoms with Crippen molar-refractivity contribution in [2.45, 2.75) is 77.2 Å². The zero-order valence-corrected chi connectivity index (χ0v) is 17.5. The van der Waals surface area contributed by atoms with Crippen molar-refractivity contribution >= 4 is 17.0 Å². The predicted octanol–water partition coefficient (Wildman–Crippen LogP) is 4.60. The van der Waals surface area contributed by atoms with Gasteiger partial charge in [-0.3, -0.25) is 0 Å². The number of fused-ring (bicyclic) bond motifs is 1. The van der Waals surface area contributed by atoms with Crippen LogP contribution < -0.4 is 4.72 Å². The summed E-state index contributed by atoms with van der Waals surface area (Å²) in [6.07, 6.45) is 8.20. The second-order valence-corrected chi connectivity index (χ2v) is 9.14. The number of nitrogens with zero attached hydrogens (tertiary/aromatic N) is 3. The van der Waals surface area contributed by atoms with Crippen LogP contribution in [0.4, 0.5) is 8.78 Å². The van der Waals surface area contributed by atoms with Crippen molar-refractivity contribution in [3.05, 3.63) is 29.7 Å². The average Bonchev–Trinajstić information content (AvgIpc) is 3.07. The standard InChI is InChI=1S/C20H30F2N4OS/c1-3-5-10-28(27)25-18(4-2)16-12-19-24-17(14-26(19)23-13-16)11-15-6-8-20(21,22)9-7-15/h12-15,18,25H,3-11H2,1-2H3/t18-,28?/m0/s1. The van der Waals surface area contributed by atoms with Gasteiger partial charge in [0.2, 0.25) is 5.92 Å². The third-order valence-electron chi connectivity index (χ3n) is 5.49. The highest BCUT2D eigenvalue weighted by Gasteiger charge is 2.35. The monoisotopic (exact) mass is 412 g/mol. The van der Waals surface area contributed by atoms with Crippen LogP contribution in [0.5, 0.6) is 0 Å². The van der Waals surface area contributed by atoms with E-state index >= 15 is 0 Å². The summed E-state index contributed by atoms with van der Waals surface area (Å²) in [7, 11) is 0. The van der Waals surface area contributed by atoms with Crippen LogP contribution >= 0.6 is 0 Å². The van der Waals surface area contributed by atoms with Crippen molar-refractivity contribution in [2.24, 2.45) is 5.92 Å². The van der Waals surface area contributed by atoms with Crippen LogP contribution in [-0.2, 0) is 17.8 Å². The Labute approximate surface area is 168 Å². The van der Waals surface area contributed by atoms with Gasteiger partial charge in [-0.1, -0.05) is 20.3 Å². The van der Waals surface area contributed by atoms with Gasteiger partial charge in [0.15, 0.2) is 5.65 Å². The Kier molecular flexibility index (Phi) is 7.28. The van der Waals surface area contributed by atoms with Crippen LogP contribution in [0, 0.1) is 5.92 Å². The summed E-state index contributed by atoms with van der Waals surface area (Å²) in [5.74, 6) is -1.59. The van der Waals surface area contributed by atoms with Gasteiger partial charge in [-0.15, -0.1) is 4.72 Å². The number of hydrogen-bond donors (Lipinski definition) is 1. The second-order valence-electron chi connectivity index (χ2n) is 7.81. The molecule has 0 aromatic carbocycles. The molecule has 1 aliphatic carbocycles. The zero-order chi connectivity index (χ0) is 20.1. The largest absolute Gasteiger partial charge is 0.598 e. The highest BCUT2D eigenvalue weighted by Crippen LogP contribution is 2.37. The average molecular weight is 413 g/mol. The third-order valence-corrected chi connectivity index (χ3v) is 6.70. The normalized spacial score (nSPS) is 19.8. The van der Waals surface area contributed by atoms with Crippen LogP contribution in [-0.4, -0.2) is 30.8 Å². The molecule has 0 amide bonds. The molecule has 0 bridgehead atoms. The third kappa shape index (κ3) is 5.64. The quantitative estimate of drug-likeness (QED) is 0.611. The molecule has 3 rings (SSSR count). The number of hydrogen-bond acceptors (Lipinski definition) is 4. The Balaban J connectivity index is 1.66. The summed E-state index contributed by atoms with van der Waals surface area (Å²) in [5, 5.41) is 4.45. The summed E-state index contributed by atoms with van der Waals surface area (Å²) in [5.41, 5.74) is 2.61. The topological polar surface area (TPSA) is 65.3 Å². The van der Waals surface area contributed by atoms with Gasteiger partial charge < -0.3 is 4.55 Å². The van der Waals surface area contributed by atoms with E-state index in [0.717, 1.165) is 36.2 Å². The minimum Gasteiger partial charge on any atom is -0.598 e. The van der Waals surface area contributed by atoms with E-state index in [1.165, 1.54) is 0 Å². The molecule has 156 valence electrons. The number of halogens is 2. The molecule has 1 N–H and O–H groups in total. The molecule has 28 heavy (non-hydrogen) atoms. The van der Waals surface area contributed by atoms with Crippen LogP contribution in [0.1, 0.15) is 76.1 Å². The fourth-order valence-corrected chi connectivity index (χ4v) is 5.00. The summed E-state index contributed by atoms with van der Waals surface area (Å²) in [4.78, 5) is 4.66. The molecule has 1 unspecified atom stereocenters. The molecule has 1 saturated carbocycles. The number of nitrogens with one attached hydrogen (secondary N) is 1. The van der Waals surface area contributed by atoms with Crippen molar-refractivity contribution in [3.63, 3.8) is 0 Å². The lowest BCUT2D eigenvalue weighted by molar-refractivity contribution is -0.0457. The molecule has 1 fully saturated rings. The molecule has 2 aromatic heterocycles. The van der Waals surface area contributed by atoms with Crippen molar-refractivity contribution in [2.75, 3.05) is 5.75 Å². The molecule has 2 aromatic rings. The van der Waals surface area contributed by atoms with Gasteiger partial charge in [0, 0.05) is 24.2 Å². The smallest absolute Gasteiger partial charge is 0.248 e. The predicted molar refractivity (Wildman–Crippen MR) is 108 cm³/mol. The maximum atomic E-state index is 13.3. The number of rotatable bonds is 9. The van der Waals surface area contributed by atoms with E-state index in [1.807, 2.05) is 12.3 Å². The van der Waals surface area contributed by atoms with Gasteiger partial charge in [0.25, 0.3) is 0 Å². The lowest BCUT2D eigenvalue weighted by Gasteiger charge is -2.27. The molecule has 1 aliphatic rings. The number of imidazole rings is 1. The van der Waals surface area contributed by atoms with Gasteiger partial charge in [-0.25, -0.2) is 18.3 Å². The summed E-state index contributed by atoms with van der Waals surface area (Å²) >= 11 is -1.06. The fraction of sp³-hybridized carbons (Fsp3) is 0.700. The summed E-state index contributed by atoms with van der Waals surface area (Å²) in [6.45, 7) is 4.13. The Bertz CT molecular complexity index is 760. The minimum atomic E-state index is -2.49. The van der Waals surface area contributed by atoms with Crippen LogP contribution in [0.25, 0.3) is 5.65 Å². The van der Waals surface area contributed by atoms with Gasteiger partial charge >= 0.3 is 0 Å². The van der Waals surface area contributed by atoms with Crippen LogP contribution in [0.3, 0.4) is 0 Å². The molecule has 5 nitrogen and oxygen atoms in total. The molecule has 0 saturated heterocycles. The van der Waals surface area contributed by atoms with Gasteiger partial charge in [0.05, 0.1) is 24.1 Å². The van der Waals surface area contributed by atoms with Crippen LogP contribution in [0.2, 0.25) is 0 Å². The Morgan fingerprint density at radius 3 is 2.79 bits per heavy atom. The van der Waals surface area contributed by atoms with Crippen molar-refractivity contribution < 1.29 is 13.3 Å². The lowest BCUT2D eigenvalue weighted by atomic mass is 9.84. The zero-order valence-electron chi connectivity index (χ0n) is 16.7. The SMILES string of the molecule is CCCC[S+]([O-])N[C@@H](CC)c1cnn2cc(CC3CCC(F)(F)CC3)nc2c1. The molecule has 8 heteroatoms. The van der Waals surface area contributed by atoms with Crippen molar-refractivity contribution in [1.29, 1.82) is 0 Å². The number of aromatic nitrogens is 3. The molecule has 0 radical (unpaired) electrons. The first-order valence-corrected chi connectivity index (χ1v) is 11.6. The first-order valence-electron chi connectivity index (χ1n) is 10.3. The van der Waals surface area contributed by atoms with E-state index in [2.05, 4.69) is 28.7 Å². The maximum Gasteiger partial charge on any atom is 0.248 e. The van der Waals surface area contributed by atoms with E-state index < -0.39 is 17.3 Å². The van der Waals surface area contributed by atoms with E-state index in [4.69, 9.17) is 0 Å². The molecule has 0 aliphatic heterocycles. The fourth-order valence-electron chi connectivity index (χ4n) is 3.71. The highest BCUT2D eigenvalue weighted by molar-refractivity contribution is 7.89. The highest BCUT2D eigenvalue weighted by atomic mass is 32.2. The van der Waals surface area contributed by atoms with Gasteiger partial charge in [-0.2, -0.15) is 5.10 Å². The van der Waals surface area contributed by atoms with Gasteiger partial charge in [-0.05, 0) is 49.7 Å². The second kappa shape index (κ2) is 9.50. The van der Waals surface area contributed by atoms with E-state index in [9.17, 15) is 13.3 Å². The van der Waals surface area contributed by atoms with Crippen molar-refractivity contribution in [3.8, 4) is 0 Å². The molecule has 0 spiro atoms. The first kappa shape index (κ1) is 21.5.